The molecule has 0 aliphatic heterocycles. The molecule has 2 heterocycles. The van der Waals surface area contributed by atoms with Gasteiger partial charge >= 0.3 is 0 Å². The number of unbranched alkanes of at least 4 members (excludes halogenated alkanes) is 1. The van der Waals surface area contributed by atoms with E-state index in [1.165, 1.54) is 29.5 Å². The highest BCUT2D eigenvalue weighted by molar-refractivity contribution is 8.03. The fraction of sp³-hybridized carbons (Fsp3) is 0.429. The van der Waals surface area contributed by atoms with E-state index in [0.29, 0.717) is 5.69 Å². The van der Waals surface area contributed by atoms with E-state index in [0.717, 1.165) is 20.9 Å². The van der Waals surface area contributed by atoms with Crippen molar-refractivity contribution in [2.45, 2.75) is 40.6 Å². The van der Waals surface area contributed by atoms with E-state index >= 15 is 0 Å². The summed E-state index contributed by atoms with van der Waals surface area (Å²) in [6.45, 7) is 3.99. The van der Waals surface area contributed by atoms with Gasteiger partial charge in [0.2, 0.25) is 5.91 Å². The van der Waals surface area contributed by atoms with Crippen LogP contribution >= 0.6 is 46.5 Å². The third-order valence-electron chi connectivity index (χ3n) is 2.78. The molecule has 0 saturated carbocycles. The Kier molecular flexibility index (Phi) is 7.61. The van der Waals surface area contributed by atoms with Gasteiger partial charge in [0.05, 0.1) is 10.9 Å². The zero-order valence-corrected chi connectivity index (χ0v) is 16.0. The molecule has 23 heavy (non-hydrogen) atoms. The van der Waals surface area contributed by atoms with Crippen molar-refractivity contribution in [1.29, 1.82) is 0 Å². The molecule has 0 aliphatic rings. The lowest BCUT2D eigenvalue weighted by molar-refractivity contribution is -0.115. The molecule has 2 aromatic rings. The summed E-state index contributed by atoms with van der Waals surface area (Å²) in [6, 6.07) is 3.45. The van der Waals surface area contributed by atoms with E-state index < -0.39 is 0 Å². The molecule has 124 valence electrons. The van der Waals surface area contributed by atoms with Crippen LogP contribution in [0.15, 0.2) is 27.0 Å². The zero-order chi connectivity index (χ0) is 16.7. The predicted molar refractivity (Wildman–Crippen MR) is 98.7 cm³/mol. The Labute approximate surface area is 153 Å². The van der Waals surface area contributed by atoms with Gasteiger partial charge in [-0.05, 0) is 25.5 Å². The Bertz CT molecular complexity index is 652. The molecule has 0 spiro atoms. The first-order valence-corrected chi connectivity index (χ1v) is 10.2. The lowest BCUT2D eigenvalue weighted by Crippen LogP contribution is -2.22. The molecule has 1 atom stereocenters. The Morgan fingerprint density at radius 1 is 1.43 bits per heavy atom. The molecule has 0 bridgehead atoms. The van der Waals surface area contributed by atoms with E-state index in [-0.39, 0.29) is 16.3 Å². The number of hydrogen-bond donors (Lipinski definition) is 1. The summed E-state index contributed by atoms with van der Waals surface area (Å²) in [5.74, 6) is 0.908. The van der Waals surface area contributed by atoms with Gasteiger partial charge in [-0.1, -0.05) is 59.8 Å². The van der Waals surface area contributed by atoms with E-state index in [4.69, 9.17) is 11.6 Å². The highest BCUT2D eigenvalue weighted by Gasteiger charge is 2.18. The smallest absolute Gasteiger partial charge is 0.237 e. The fourth-order valence-corrected chi connectivity index (χ4v) is 5.01. The number of carbonyl (C=O) groups excluding carboxylic acids is 1. The zero-order valence-electron chi connectivity index (χ0n) is 12.8. The largest absolute Gasteiger partial charge is 0.322 e. The number of halogens is 1. The molecule has 2 rings (SSSR count). The van der Waals surface area contributed by atoms with Gasteiger partial charge in [-0.15, -0.1) is 10.2 Å². The molecule has 0 radical (unpaired) electrons. The van der Waals surface area contributed by atoms with Gasteiger partial charge < -0.3 is 5.32 Å². The van der Waals surface area contributed by atoms with Gasteiger partial charge in [0.1, 0.15) is 0 Å². The Balaban J connectivity index is 1.87. The number of rotatable bonds is 8. The van der Waals surface area contributed by atoms with Crippen molar-refractivity contribution in [3.8, 4) is 0 Å². The SMILES string of the molecule is CCCCSc1nnc(S[C@H](C)C(=O)Nc2cccnc2Cl)s1. The summed E-state index contributed by atoms with van der Waals surface area (Å²) in [5, 5.41) is 11.0. The summed E-state index contributed by atoms with van der Waals surface area (Å²) in [5.41, 5.74) is 0.514. The van der Waals surface area contributed by atoms with Crippen molar-refractivity contribution in [2.24, 2.45) is 0 Å². The first kappa shape index (κ1) is 18.5. The second kappa shape index (κ2) is 9.46. The molecule has 0 aliphatic carbocycles. The van der Waals surface area contributed by atoms with Crippen LogP contribution in [0.1, 0.15) is 26.7 Å². The number of carbonyl (C=O) groups is 1. The predicted octanol–water partition coefficient (Wildman–Crippen LogP) is 4.60. The minimum atomic E-state index is -0.298. The van der Waals surface area contributed by atoms with Crippen LogP contribution in [0.4, 0.5) is 5.69 Å². The van der Waals surface area contributed by atoms with Gasteiger partial charge in [-0.2, -0.15) is 0 Å². The number of nitrogens with one attached hydrogen (secondary N) is 1. The van der Waals surface area contributed by atoms with E-state index in [9.17, 15) is 4.79 Å². The first-order chi connectivity index (χ1) is 11.1. The Morgan fingerprint density at radius 3 is 2.96 bits per heavy atom. The number of thioether (sulfide) groups is 2. The average molecular weight is 389 g/mol. The van der Waals surface area contributed by atoms with Gasteiger partial charge in [0.15, 0.2) is 13.8 Å². The summed E-state index contributed by atoms with van der Waals surface area (Å²) in [4.78, 5) is 16.2. The van der Waals surface area contributed by atoms with Crippen LogP contribution in [0.3, 0.4) is 0 Å². The van der Waals surface area contributed by atoms with Crippen molar-refractivity contribution in [3.05, 3.63) is 23.5 Å². The second-order valence-electron chi connectivity index (χ2n) is 4.63. The molecule has 1 amide bonds. The van der Waals surface area contributed by atoms with E-state index in [1.54, 1.807) is 30.1 Å². The maximum atomic E-state index is 12.2. The van der Waals surface area contributed by atoms with Crippen LogP contribution in [-0.2, 0) is 4.79 Å². The second-order valence-corrected chi connectivity index (χ2v) is 8.89. The number of amides is 1. The number of hydrogen-bond acceptors (Lipinski definition) is 7. The summed E-state index contributed by atoms with van der Waals surface area (Å²) >= 11 is 10.6. The van der Waals surface area contributed by atoms with Crippen LogP contribution in [0.25, 0.3) is 0 Å². The third kappa shape index (κ3) is 5.95. The quantitative estimate of drug-likeness (QED) is 0.405. The number of anilines is 1. The van der Waals surface area contributed by atoms with Crippen molar-refractivity contribution in [3.63, 3.8) is 0 Å². The fourth-order valence-electron chi connectivity index (χ4n) is 1.53. The van der Waals surface area contributed by atoms with Gasteiger partial charge in [0, 0.05) is 11.9 Å². The van der Waals surface area contributed by atoms with Crippen LogP contribution in [0.5, 0.6) is 0 Å². The van der Waals surface area contributed by atoms with Gasteiger partial charge in [-0.25, -0.2) is 4.98 Å². The van der Waals surface area contributed by atoms with Gasteiger partial charge in [0.25, 0.3) is 0 Å². The number of pyridine rings is 1. The topological polar surface area (TPSA) is 67.8 Å². The molecule has 0 saturated heterocycles. The van der Waals surface area contributed by atoms with Crippen LogP contribution < -0.4 is 5.32 Å². The van der Waals surface area contributed by atoms with Crippen LogP contribution in [0.2, 0.25) is 5.15 Å². The van der Waals surface area contributed by atoms with Crippen LogP contribution in [-0.4, -0.2) is 32.1 Å². The van der Waals surface area contributed by atoms with Crippen molar-refractivity contribution < 1.29 is 4.79 Å². The lowest BCUT2D eigenvalue weighted by atomic mass is 10.4. The minimum absolute atomic E-state index is 0.139. The molecule has 0 fully saturated rings. The minimum Gasteiger partial charge on any atom is -0.322 e. The maximum Gasteiger partial charge on any atom is 0.237 e. The first-order valence-electron chi connectivity index (χ1n) is 7.14. The van der Waals surface area contributed by atoms with Gasteiger partial charge in [-0.3, -0.25) is 4.79 Å². The lowest BCUT2D eigenvalue weighted by Gasteiger charge is -2.10. The third-order valence-corrected chi connectivity index (χ3v) is 6.40. The summed E-state index contributed by atoms with van der Waals surface area (Å²) in [6.07, 6.45) is 3.91. The number of aromatic nitrogens is 3. The van der Waals surface area contributed by atoms with Crippen molar-refractivity contribution in [1.82, 2.24) is 15.2 Å². The number of nitrogens with zero attached hydrogens (tertiary/aromatic N) is 3. The van der Waals surface area contributed by atoms with E-state index in [2.05, 4.69) is 27.4 Å². The molecule has 0 unspecified atom stereocenters. The van der Waals surface area contributed by atoms with E-state index in [1.807, 2.05) is 6.92 Å². The highest BCUT2D eigenvalue weighted by atomic mass is 35.5. The monoisotopic (exact) mass is 388 g/mol. The summed E-state index contributed by atoms with van der Waals surface area (Å²) in [7, 11) is 0. The normalized spacial score (nSPS) is 12.1. The standard InChI is InChI=1S/C14H17ClN4OS3/c1-3-4-8-21-13-18-19-14(23-13)22-9(2)12(20)17-10-6-5-7-16-11(10)15/h5-7,9H,3-4,8H2,1-2H3,(H,17,20)/t9-/m1/s1. The Morgan fingerprint density at radius 2 is 2.22 bits per heavy atom. The van der Waals surface area contributed by atoms with Crippen LogP contribution in [0, 0.1) is 0 Å². The average Bonchev–Trinajstić information content (AvgIpc) is 2.97. The maximum absolute atomic E-state index is 12.2. The molecular formula is C14H17ClN4OS3. The molecule has 0 aromatic carbocycles. The molecule has 2 aromatic heterocycles. The highest BCUT2D eigenvalue weighted by Crippen LogP contribution is 2.32. The molecule has 9 heteroatoms. The summed E-state index contributed by atoms with van der Waals surface area (Å²) < 4.78 is 1.74. The van der Waals surface area contributed by atoms with Crippen molar-refractivity contribution in [2.75, 3.05) is 11.1 Å². The Hall–Kier alpha value is -0.830. The molecule has 5 nitrogen and oxygen atoms in total. The molecular weight excluding hydrogens is 372 g/mol. The van der Waals surface area contributed by atoms with Crippen molar-refractivity contribution >= 4 is 58.1 Å². The molecule has 1 N–H and O–H groups in total.